The highest BCUT2D eigenvalue weighted by Crippen LogP contribution is 2.43. The zero-order valence-corrected chi connectivity index (χ0v) is 15.5. The molecule has 1 atom stereocenters. The van der Waals surface area contributed by atoms with E-state index in [4.69, 9.17) is 4.74 Å². The second kappa shape index (κ2) is 9.67. The van der Waals surface area contributed by atoms with Crippen LogP contribution in [-0.4, -0.2) is 11.7 Å². The largest absolute Gasteiger partial charge is 0.357 e. The molecule has 0 aliphatic heterocycles. The summed E-state index contributed by atoms with van der Waals surface area (Å²) in [5.41, 5.74) is -0.477. The predicted octanol–water partition coefficient (Wildman–Crippen LogP) is 6.39. The van der Waals surface area contributed by atoms with Crippen LogP contribution in [-0.2, 0) is 4.74 Å². The quantitative estimate of drug-likeness (QED) is 0.485. The number of rotatable bonds is 8. The van der Waals surface area contributed by atoms with E-state index < -0.39 is 5.60 Å². The number of unbranched alkanes of at least 4 members (excludes halogenated alkanes) is 3. The lowest BCUT2D eigenvalue weighted by Gasteiger charge is -2.40. The van der Waals surface area contributed by atoms with Gasteiger partial charge in [-0.25, -0.2) is 0 Å². The molecule has 0 aromatic rings. The van der Waals surface area contributed by atoms with Crippen LogP contribution in [0.25, 0.3) is 0 Å². The van der Waals surface area contributed by atoms with Gasteiger partial charge in [0.25, 0.3) is 0 Å². The highest BCUT2D eigenvalue weighted by Gasteiger charge is 2.39. The van der Waals surface area contributed by atoms with E-state index in [0.29, 0.717) is 0 Å². The van der Waals surface area contributed by atoms with Crippen molar-refractivity contribution in [3.63, 3.8) is 0 Å². The van der Waals surface area contributed by atoms with Crippen LogP contribution in [0.1, 0.15) is 104 Å². The van der Waals surface area contributed by atoms with Crippen molar-refractivity contribution in [2.75, 3.05) is 0 Å². The summed E-state index contributed by atoms with van der Waals surface area (Å²) in [5.74, 6) is 1.80. The first-order chi connectivity index (χ1) is 11.2. The third kappa shape index (κ3) is 5.79. The standard InChI is InChI=1S/C21H37NO/c1-3-4-5-7-10-18(2)23-21(17-22)15-13-20(14-16-21)19-11-8-6-9-12-19/h18-20H,3-16H2,1-2H3. The molecular weight excluding hydrogens is 282 g/mol. The van der Waals surface area contributed by atoms with Gasteiger partial charge in [0.15, 0.2) is 5.60 Å². The van der Waals surface area contributed by atoms with Crippen molar-refractivity contribution in [3.8, 4) is 6.07 Å². The molecule has 2 aliphatic carbocycles. The molecule has 2 heteroatoms. The molecule has 0 saturated heterocycles. The van der Waals surface area contributed by atoms with E-state index in [1.165, 1.54) is 70.6 Å². The van der Waals surface area contributed by atoms with Crippen LogP contribution < -0.4 is 0 Å². The molecule has 23 heavy (non-hydrogen) atoms. The van der Waals surface area contributed by atoms with E-state index in [1.807, 2.05) is 0 Å². The predicted molar refractivity (Wildman–Crippen MR) is 96.2 cm³/mol. The Morgan fingerprint density at radius 1 is 1.00 bits per heavy atom. The van der Waals surface area contributed by atoms with Gasteiger partial charge in [-0.15, -0.1) is 0 Å². The first-order valence-corrected chi connectivity index (χ1v) is 10.3. The summed E-state index contributed by atoms with van der Waals surface area (Å²) in [5, 5.41) is 9.72. The number of nitriles is 1. The minimum Gasteiger partial charge on any atom is -0.357 e. The molecule has 0 radical (unpaired) electrons. The first-order valence-electron chi connectivity index (χ1n) is 10.3. The Balaban J connectivity index is 1.75. The summed E-state index contributed by atoms with van der Waals surface area (Å²) in [6.45, 7) is 4.41. The van der Waals surface area contributed by atoms with Gasteiger partial charge in [-0.2, -0.15) is 5.26 Å². The molecule has 0 N–H and O–H groups in total. The van der Waals surface area contributed by atoms with Crippen molar-refractivity contribution in [2.24, 2.45) is 11.8 Å². The molecule has 0 spiro atoms. The van der Waals surface area contributed by atoms with Gasteiger partial charge in [-0.3, -0.25) is 0 Å². The SMILES string of the molecule is CCCCCCC(C)OC1(C#N)CCC(C2CCCCC2)CC1. The molecule has 132 valence electrons. The van der Waals surface area contributed by atoms with Gasteiger partial charge in [-0.1, -0.05) is 64.7 Å². The number of hydrogen-bond acceptors (Lipinski definition) is 2. The summed E-state index contributed by atoms with van der Waals surface area (Å²) in [7, 11) is 0. The van der Waals surface area contributed by atoms with Gasteiger partial charge in [0.05, 0.1) is 12.2 Å². The van der Waals surface area contributed by atoms with Crippen molar-refractivity contribution in [1.29, 1.82) is 5.26 Å². The first kappa shape index (κ1) is 18.8. The molecule has 0 aromatic carbocycles. The molecule has 0 aromatic heterocycles. The average Bonchev–Trinajstić information content (AvgIpc) is 2.60. The van der Waals surface area contributed by atoms with Crippen LogP contribution in [0, 0.1) is 23.2 Å². The Morgan fingerprint density at radius 3 is 2.26 bits per heavy atom. The fourth-order valence-corrected chi connectivity index (χ4v) is 4.74. The minimum absolute atomic E-state index is 0.234. The van der Waals surface area contributed by atoms with Gasteiger partial charge in [0.1, 0.15) is 0 Å². The normalized spacial score (nSPS) is 30.7. The number of nitrogens with zero attached hydrogens (tertiary/aromatic N) is 1. The maximum atomic E-state index is 9.72. The van der Waals surface area contributed by atoms with Crippen LogP contribution >= 0.6 is 0 Å². The lowest BCUT2D eigenvalue weighted by molar-refractivity contribution is -0.0842. The fourth-order valence-electron chi connectivity index (χ4n) is 4.74. The van der Waals surface area contributed by atoms with E-state index in [2.05, 4.69) is 19.9 Å². The lowest BCUT2D eigenvalue weighted by Crippen LogP contribution is -2.40. The van der Waals surface area contributed by atoms with Gasteiger partial charge in [0, 0.05) is 0 Å². The van der Waals surface area contributed by atoms with Gasteiger partial charge in [-0.05, 0) is 50.9 Å². The van der Waals surface area contributed by atoms with Crippen LogP contribution in [0.5, 0.6) is 0 Å². The van der Waals surface area contributed by atoms with Crippen molar-refractivity contribution < 1.29 is 4.74 Å². The smallest absolute Gasteiger partial charge is 0.154 e. The van der Waals surface area contributed by atoms with Crippen molar-refractivity contribution in [3.05, 3.63) is 0 Å². The summed E-state index contributed by atoms with van der Waals surface area (Å²) < 4.78 is 6.28. The van der Waals surface area contributed by atoms with E-state index >= 15 is 0 Å². The second-order valence-corrected chi connectivity index (χ2v) is 8.12. The molecular formula is C21H37NO. The third-order valence-corrected chi connectivity index (χ3v) is 6.25. The fraction of sp³-hybridized carbons (Fsp3) is 0.952. The van der Waals surface area contributed by atoms with Gasteiger partial charge in [0.2, 0.25) is 0 Å². The topological polar surface area (TPSA) is 33.0 Å². The van der Waals surface area contributed by atoms with Gasteiger partial charge >= 0.3 is 0 Å². The van der Waals surface area contributed by atoms with Crippen molar-refractivity contribution in [1.82, 2.24) is 0 Å². The maximum Gasteiger partial charge on any atom is 0.154 e. The van der Waals surface area contributed by atoms with Crippen LogP contribution in [0.15, 0.2) is 0 Å². The molecule has 0 heterocycles. The van der Waals surface area contributed by atoms with E-state index in [1.54, 1.807) is 0 Å². The molecule has 0 amide bonds. The summed E-state index contributed by atoms with van der Waals surface area (Å²) in [4.78, 5) is 0. The molecule has 0 bridgehead atoms. The average molecular weight is 320 g/mol. The lowest BCUT2D eigenvalue weighted by atomic mass is 9.70. The molecule has 1 unspecified atom stereocenters. The Bertz CT molecular complexity index is 359. The summed E-state index contributed by atoms with van der Waals surface area (Å²) >= 11 is 0. The molecule has 2 saturated carbocycles. The minimum atomic E-state index is -0.477. The zero-order valence-electron chi connectivity index (χ0n) is 15.5. The van der Waals surface area contributed by atoms with Crippen LogP contribution in [0.4, 0.5) is 0 Å². The number of ether oxygens (including phenoxy) is 1. The van der Waals surface area contributed by atoms with Crippen molar-refractivity contribution >= 4 is 0 Å². The monoisotopic (exact) mass is 319 g/mol. The molecule has 2 aliphatic rings. The Kier molecular flexibility index (Phi) is 7.90. The highest BCUT2D eigenvalue weighted by molar-refractivity contribution is 5.05. The molecule has 2 nitrogen and oxygen atoms in total. The summed E-state index contributed by atoms with van der Waals surface area (Å²) in [6.07, 6.45) is 18.0. The maximum absolute atomic E-state index is 9.72. The van der Waals surface area contributed by atoms with E-state index in [-0.39, 0.29) is 6.10 Å². The van der Waals surface area contributed by atoms with Crippen molar-refractivity contribution in [2.45, 2.75) is 115 Å². The van der Waals surface area contributed by atoms with E-state index in [0.717, 1.165) is 31.1 Å². The molecule has 2 fully saturated rings. The highest BCUT2D eigenvalue weighted by atomic mass is 16.5. The molecule has 2 rings (SSSR count). The number of hydrogen-bond donors (Lipinski definition) is 0. The van der Waals surface area contributed by atoms with Crippen LogP contribution in [0.3, 0.4) is 0 Å². The third-order valence-electron chi connectivity index (χ3n) is 6.25. The van der Waals surface area contributed by atoms with Crippen LogP contribution in [0.2, 0.25) is 0 Å². The Hall–Kier alpha value is -0.550. The Morgan fingerprint density at radius 2 is 1.65 bits per heavy atom. The summed E-state index contributed by atoms with van der Waals surface area (Å²) in [6, 6.07) is 2.55. The second-order valence-electron chi connectivity index (χ2n) is 8.12. The van der Waals surface area contributed by atoms with E-state index in [9.17, 15) is 5.26 Å². The Labute approximate surface area is 144 Å². The zero-order chi connectivity index (χ0) is 16.5. The van der Waals surface area contributed by atoms with Gasteiger partial charge < -0.3 is 4.74 Å².